The van der Waals surface area contributed by atoms with Crippen LogP contribution in [0.1, 0.15) is 11.5 Å². The maximum atomic E-state index is 13.5. The summed E-state index contributed by atoms with van der Waals surface area (Å²) in [6.07, 6.45) is 0. The Kier molecular flexibility index (Phi) is 5.26. The van der Waals surface area contributed by atoms with Crippen molar-refractivity contribution in [2.45, 2.75) is 5.92 Å². The fourth-order valence-electron chi connectivity index (χ4n) is 3.31. The summed E-state index contributed by atoms with van der Waals surface area (Å²) in [7, 11) is 0. The molecular weight excluding hydrogens is 291 g/mol. The maximum Gasteiger partial charge on any atom is 0.165 e. The third kappa shape index (κ3) is 3.89. The van der Waals surface area contributed by atoms with E-state index in [1.165, 1.54) is 11.6 Å². The Labute approximate surface area is 136 Å². The second-order valence-corrected chi connectivity index (χ2v) is 6.05. The molecule has 0 aromatic heterocycles. The van der Waals surface area contributed by atoms with Crippen LogP contribution in [0.3, 0.4) is 0 Å². The highest BCUT2D eigenvalue weighted by Gasteiger charge is 2.32. The number of rotatable bonds is 6. The summed E-state index contributed by atoms with van der Waals surface area (Å²) in [6, 6.07) is 17.1. The zero-order valence-electron chi connectivity index (χ0n) is 13.2. The number of hydrogen-bond acceptors (Lipinski definition) is 3. The van der Waals surface area contributed by atoms with Crippen molar-refractivity contribution in [1.82, 2.24) is 4.90 Å². The summed E-state index contributed by atoms with van der Waals surface area (Å²) in [5.41, 5.74) is 7.30. The zero-order chi connectivity index (χ0) is 16.1. The molecular formula is C19H23FN2O. The minimum absolute atomic E-state index is 0.309. The summed E-state index contributed by atoms with van der Waals surface area (Å²) >= 11 is 0. The molecule has 1 saturated heterocycles. The van der Waals surface area contributed by atoms with E-state index in [0.29, 0.717) is 30.7 Å². The SMILES string of the molecule is NC[C@@H]1CN(CCOc2ccccc2F)C[C@H]1c1ccccc1. The molecule has 2 atom stereocenters. The van der Waals surface area contributed by atoms with Crippen LogP contribution >= 0.6 is 0 Å². The Morgan fingerprint density at radius 1 is 1.04 bits per heavy atom. The lowest BCUT2D eigenvalue weighted by molar-refractivity contribution is 0.226. The minimum atomic E-state index is -0.309. The average molecular weight is 314 g/mol. The number of benzene rings is 2. The molecule has 3 nitrogen and oxygen atoms in total. The van der Waals surface area contributed by atoms with Gasteiger partial charge in [-0.3, -0.25) is 4.90 Å². The Balaban J connectivity index is 1.55. The number of nitrogens with zero attached hydrogens (tertiary/aromatic N) is 1. The van der Waals surface area contributed by atoms with Crippen LogP contribution in [-0.2, 0) is 0 Å². The van der Waals surface area contributed by atoms with Gasteiger partial charge in [0.05, 0.1) is 0 Å². The molecule has 0 amide bonds. The van der Waals surface area contributed by atoms with E-state index >= 15 is 0 Å². The Morgan fingerprint density at radius 2 is 1.78 bits per heavy atom. The number of likely N-dealkylation sites (tertiary alicyclic amines) is 1. The van der Waals surface area contributed by atoms with E-state index in [1.54, 1.807) is 18.2 Å². The molecule has 0 unspecified atom stereocenters. The normalized spacial score (nSPS) is 21.5. The quantitative estimate of drug-likeness (QED) is 0.891. The first-order valence-corrected chi connectivity index (χ1v) is 8.12. The molecule has 1 fully saturated rings. The van der Waals surface area contributed by atoms with Gasteiger partial charge in [-0.2, -0.15) is 0 Å². The van der Waals surface area contributed by atoms with Crippen LogP contribution in [0.4, 0.5) is 4.39 Å². The first kappa shape index (κ1) is 16.0. The third-order valence-electron chi connectivity index (χ3n) is 4.55. The van der Waals surface area contributed by atoms with Gasteiger partial charge in [0.25, 0.3) is 0 Å². The van der Waals surface area contributed by atoms with Crippen molar-refractivity contribution in [2.75, 3.05) is 32.8 Å². The summed E-state index contributed by atoms with van der Waals surface area (Å²) in [6.45, 7) is 3.90. The fourth-order valence-corrected chi connectivity index (χ4v) is 3.31. The van der Waals surface area contributed by atoms with Crippen molar-refractivity contribution in [2.24, 2.45) is 11.7 Å². The first-order valence-electron chi connectivity index (χ1n) is 8.12. The van der Waals surface area contributed by atoms with Gasteiger partial charge < -0.3 is 10.5 Å². The van der Waals surface area contributed by atoms with E-state index in [4.69, 9.17) is 10.5 Å². The third-order valence-corrected chi connectivity index (χ3v) is 4.55. The van der Waals surface area contributed by atoms with Gasteiger partial charge in [-0.05, 0) is 30.2 Å². The molecule has 1 aliphatic heterocycles. The van der Waals surface area contributed by atoms with Crippen LogP contribution in [0.5, 0.6) is 5.75 Å². The molecule has 23 heavy (non-hydrogen) atoms. The largest absolute Gasteiger partial charge is 0.489 e. The van der Waals surface area contributed by atoms with Crippen LogP contribution in [0.25, 0.3) is 0 Å². The lowest BCUT2D eigenvalue weighted by Crippen LogP contribution is -2.27. The first-order chi connectivity index (χ1) is 11.3. The van der Waals surface area contributed by atoms with Gasteiger partial charge in [0.2, 0.25) is 0 Å². The predicted octanol–water partition coefficient (Wildman–Crippen LogP) is 2.88. The van der Waals surface area contributed by atoms with Crippen molar-refractivity contribution >= 4 is 0 Å². The molecule has 2 aromatic carbocycles. The molecule has 0 spiro atoms. The lowest BCUT2D eigenvalue weighted by Gasteiger charge is -2.17. The highest BCUT2D eigenvalue weighted by molar-refractivity contribution is 5.24. The molecule has 3 rings (SSSR count). The number of para-hydroxylation sites is 1. The summed E-state index contributed by atoms with van der Waals surface area (Å²) in [4.78, 5) is 2.36. The highest BCUT2D eigenvalue weighted by atomic mass is 19.1. The summed E-state index contributed by atoms with van der Waals surface area (Å²) in [5.74, 6) is 0.943. The standard InChI is InChI=1S/C19H23FN2O/c20-18-8-4-5-9-19(18)23-11-10-22-13-16(12-21)17(14-22)15-6-2-1-3-7-15/h1-9,16-17H,10-14,21H2/t16-,17+/m1/s1. The smallest absolute Gasteiger partial charge is 0.165 e. The molecule has 2 aromatic rings. The van der Waals surface area contributed by atoms with Gasteiger partial charge in [-0.25, -0.2) is 4.39 Å². The van der Waals surface area contributed by atoms with Crippen molar-refractivity contribution in [3.05, 3.63) is 66.0 Å². The van der Waals surface area contributed by atoms with Gasteiger partial charge in [-0.1, -0.05) is 42.5 Å². The molecule has 0 radical (unpaired) electrons. The van der Waals surface area contributed by atoms with Crippen LogP contribution in [-0.4, -0.2) is 37.7 Å². The van der Waals surface area contributed by atoms with E-state index < -0.39 is 0 Å². The van der Waals surface area contributed by atoms with Gasteiger partial charge in [0.1, 0.15) is 6.61 Å². The molecule has 1 aliphatic rings. The number of halogens is 1. The van der Waals surface area contributed by atoms with Crippen LogP contribution < -0.4 is 10.5 Å². The second kappa shape index (κ2) is 7.57. The van der Waals surface area contributed by atoms with E-state index in [1.807, 2.05) is 6.07 Å². The van der Waals surface area contributed by atoms with Gasteiger partial charge in [0, 0.05) is 25.6 Å². The predicted molar refractivity (Wildman–Crippen MR) is 90.1 cm³/mol. The fraction of sp³-hybridized carbons (Fsp3) is 0.368. The molecule has 0 bridgehead atoms. The average Bonchev–Trinajstić information content (AvgIpc) is 3.01. The number of hydrogen-bond donors (Lipinski definition) is 1. The molecule has 0 saturated carbocycles. The van der Waals surface area contributed by atoms with Gasteiger partial charge in [-0.15, -0.1) is 0 Å². The Bertz CT molecular complexity index is 620. The minimum Gasteiger partial charge on any atom is -0.489 e. The molecule has 1 heterocycles. The van der Waals surface area contributed by atoms with Gasteiger partial charge in [0.15, 0.2) is 11.6 Å². The molecule has 4 heteroatoms. The van der Waals surface area contributed by atoms with E-state index in [0.717, 1.165) is 19.6 Å². The Hall–Kier alpha value is -1.91. The van der Waals surface area contributed by atoms with E-state index in [9.17, 15) is 4.39 Å². The van der Waals surface area contributed by atoms with E-state index in [2.05, 4.69) is 29.2 Å². The summed E-state index contributed by atoms with van der Waals surface area (Å²) in [5, 5.41) is 0. The van der Waals surface area contributed by atoms with Crippen LogP contribution in [0.15, 0.2) is 54.6 Å². The molecule has 0 aliphatic carbocycles. The monoisotopic (exact) mass is 314 g/mol. The maximum absolute atomic E-state index is 13.5. The second-order valence-electron chi connectivity index (χ2n) is 6.05. The topological polar surface area (TPSA) is 38.5 Å². The number of ether oxygens (including phenoxy) is 1. The van der Waals surface area contributed by atoms with Crippen LogP contribution in [0, 0.1) is 11.7 Å². The lowest BCUT2D eigenvalue weighted by atomic mass is 9.89. The van der Waals surface area contributed by atoms with Crippen molar-refractivity contribution in [3.8, 4) is 5.75 Å². The Morgan fingerprint density at radius 3 is 2.52 bits per heavy atom. The van der Waals surface area contributed by atoms with Crippen molar-refractivity contribution in [3.63, 3.8) is 0 Å². The highest BCUT2D eigenvalue weighted by Crippen LogP contribution is 2.31. The zero-order valence-corrected chi connectivity index (χ0v) is 13.2. The van der Waals surface area contributed by atoms with Gasteiger partial charge >= 0.3 is 0 Å². The summed E-state index contributed by atoms with van der Waals surface area (Å²) < 4.78 is 19.1. The van der Waals surface area contributed by atoms with Crippen molar-refractivity contribution in [1.29, 1.82) is 0 Å². The van der Waals surface area contributed by atoms with Crippen LogP contribution in [0.2, 0.25) is 0 Å². The van der Waals surface area contributed by atoms with E-state index in [-0.39, 0.29) is 5.82 Å². The van der Waals surface area contributed by atoms with Crippen molar-refractivity contribution < 1.29 is 9.13 Å². The molecule has 2 N–H and O–H groups in total. The molecule has 122 valence electrons. The number of nitrogens with two attached hydrogens (primary N) is 1.